The molecule has 0 spiro atoms. The Hall–Kier alpha value is 0.380. The van der Waals surface area contributed by atoms with Crippen LogP contribution in [0.1, 0.15) is 103 Å². The van der Waals surface area contributed by atoms with Crippen molar-refractivity contribution in [1.29, 1.82) is 0 Å². The van der Waals surface area contributed by atoms with Crippen LogP contribution < -0.4 is 0 Å². The Balaban J connectivity index is 0. The first kappa shape index (κ1) is 31.6. The van der Waals surface area contributed by atoms with Gasteiger partial charge in [-0.3, -0.25) is 0 Å². The summed E-state index contributed by atoms with van der Waals surface area (Å²) in [5.74, 6) is 2.15. The van der Waals surface area contributed by atoms with Crippen molar-refractivity contribution < 1.29 is 29.5 Å². The molecule has 0 saturated carbocycles. The number of aliphatic hydroxyl groups is 2. The molecule has 0 heterocycles. The molecule has 0 radical (unpaired) electrons. The summed E-state index contributed by atoms with van der Waals surface area (Å²) in [5, 5.41) is 18.0. The van der Waals surface area contributed by atoms with Gasteiger partial charge in [0.25, 0.3) is 0 Å². The minimum atomic E-state index is -4.64. The molecule has 0 atom stereocenters. The highest BCUT2D eigenvalue weighted by Crippen LogP contribution is 2.25. The maximum atomic E-state index is 8.99. The third-order valence-electron chi connectivity index (χ3n) is 4.76. The molecule has 8 heteroatoms. The summed E-state index contributed by atoms with van der Waals surface area (Å²) in [6.07, 6.45) is 21.2. The number of phosphoric acid groups is 1. The molecule has 0 bridgehead atoms. The predicted octanol–water partition coefficient (Wildman–Crippen LogP) is 5.26. The molecule has 0 amide bonds. The molecule has 0 aromatic heterocycles. The summed E-state index contributed by atoms with van der Waals surface area (Å²) in [6.45, 7) is 2.51. The van der Waals surface area contributed by atoms with Crippen molar-refractivity contribution in [2.75, 3.05) is 24.7 Å². The van der Waals surface area contributed by atoms with Crippen molar-refractivity contribution in [1.82, 2.24) is 0 Å². The maximum Gasteiger partial charge on any atom is 0.466 e. The second kappa shape index (κ2) is 24.6. The summed E-state index contributed by atoms with van der Waals surface area (Å²) in [5.41, 5.74) is 0. The largest absolute Gasteiger partial charge is 0.466 e. The van der Waals surface area contributed by atoms with Crippen LogP contribution in [0.15, 0.2) is 0 Å². The molecule has 5 N–H and O–H groups in total. The molecule has 0 aromatic carbocycles. The number of aliphatic hydroxyl groups excluding tert-OH is 2. The summed E-state index contributed by atoms with van der Waals surface area (Å²) < 4.78 is 8.88. The average Bonchev–Trinajstić information content (AvgIpc) is 2.66. The highest BCUT2D eigenvalue weighted by Gasteiger charge is 2.04. The van der Waals surface area contributed by atoms with E-state index in [1.54, 1.807) is 0 Å². The van der Waals surface area contributed by atoms with Crippen LogP contribution in [0.4, 0.5) is 0 Å². The number of thioether (sulfide) groups is 1. The van der Waals surface area contributed by atoms with Gasteiger partial charge in [-0.25, -0.2) is 4.57 Å². The monoisotopic (exact) mass is 458 g/mol. The smallest absolute Gasteiger partial charge is 0.396 e. The quantitative estimate of drug-likeness (QED) is 0.125. The molecule has 0 rings (SSSR count). The standard InChI is InChI=1S/C21H44O2S.H3O4P/c1-2-3-4-5-6-7-8-9-10-11-12-13-14-15-16-17-24-20-21(18-22)19-23;1-5(2,3)4/h21-23H,2-20H2,1H3;(H3,1,2,3,4). The number of hydrogen-bond acceptors (Lipinski definition) is 4. The summed E-state index contributed by atoms with van der Waals surface area (Å²) in [4.78, 5) is 21.6. The molecule has 0 unspecified atom stereocenters. The third kappa shape index (κ3) is 36.1. The van der Waals surface area contributed by atoms with Gasteiger partial charge in [0.2, 0.25) is 0 Å². The minimum absolute atomic E-state index is 0.0753. The Morgan fingerprint density at radius 2 is 0.966 bits per heavy atom. The van der Waals surface area contributed by atoms with Crippen molar-refractivity contribution >= 4 is 19.6 Å². The van der Waals surface area contributed by atoms with Gasteiger partial charge in [-0.05, 0) is 12.2 Å². The molecule has 0 aliphatic carbocycles. The fraction of sp³-hybridized carbons (Fsp3) is 1.00. The fourth-order valence-electron chi connectivity index (χ4n) is 2.99. The highest BCUT2D eigenvalue weighted by molar-refractivity contribution is 7.99. The minimum Gasteiger partial charge on any atom is -0.396 e. The predicted molar refractivity (Wildman–Crippen MR) is 124 cm³/mol. The molecule has 178 valence electrons. The van der Waals surface area contributed by atoms with Gasteiger partial charge in [0.15, 0.2) is 0 Å². The van der Waals surface area contributed by atoms with Gasteiger partial charge < -0.3 is 24.9 Å². The normalized spacial score (nSPS) is 11.6. The van der Waals surface area contributed by atoms with Crippen LogP contribution in [0.5, 0.6) is 0 Å². The zero-order valence-corrected chi connectivity index (χ0v) is 20.2. The SMILES string of the molecule is CCCCCCCCCCCCCCCCCSCC(CO)CO.O=P(O)(O)O. The average molecular weight is 459 g/mol. The fourth-order valence-corrected chi connectivity index (χ4v) is 4.11. The lowest BCUT2D eigenvalue weighted by Crippen LogP contribution is -2.13. The van der Waals surface area contributed by atoms with E-state index in [0.717, 1.165) is 5.75 Å². The Bertz CT molecular complexity index is 342. The van der Waals surface area contributed by atoms with Crippen LogP contribution in [-0.2, 0) is 4.57 Å². The van der Waals surface area contributed by atoms with Gasteiger partial charge in [-0.2, -0.15) is 11.8 Å². The Kier molecular flexibility index (Phi) is 26.8. The number of hydrogen-bond donors (Lipinski definition) is 5. The van der Waals surface area contributed by atoms with Crippen LogP contribution in [0.3, 0.4) is 0 Å². The first-order valence-corrected chi connectivity index (χ1v) is 14.1. The lowest BCUT2D eigenvalue weighted by atomic mass is 10.0. The van der Waals surface area contributed by atoms with Gasteiger partial charge in [0, 0.05) is 24.9 Å². The van der Waals surface area contributed by atoms with E-state index in [1.807, 2.05) is 11.8 Å². The first-order valence-electron chi connectivity index (χ1n) is 11.4. The van der Waals surface area contributed by atoms with Crippen LogP contribution in [0.25, 0.3) is 0 Å². The van der Waals surface area contributed by atoms with Crippen molar-refractivity contribution in [2.24, 2.45) is 5.92 Å². The maximum absolute atomic E-state index is 8.99. The number of rotatable bonds is 20. The molecule has 0 aromatic rings. The zero-order valence-electron chi connectivity index (χ0n) is 18.5. The van der Waals surface area contributed by atoms with Crippen LogP contribution in [0, 0.1) is 5.92 Å². The number of unbranched alkanes of at least 4 members (excludes halogenated alkanes) is 14. The van der Waals surface area contributed by atoms with E-state index < -0.39 is 7.82 Å². The van der Waals surface area contributed by atoms with Crippen molar-refractivity contribution in [2.45, 2.75) is 103 Å². The van der Waals surface area contributed by atoms with Gasteiger partial charge in [-0.1, -0.05) is 96.8 Å². The molecule has 0 fully saturated rings. The van der Waals surface area contributed by atoms with Gasteiger partial charge in [0.1, 0.15) is 0 Å². The van der Waals surface area contributed by atoms with E-state index in [-0.39, 0.29) is 19.1 Å². The second-order valence-electron chi connectivity index (χ2n) is 7.77. The Morgan fingerprint density at radius 3 is 1.28 bits per heavy atom. The van der Waals surface area contributed by atoms with Gasteiger partial charge in [0.05, 0.1) is 0 Å². The lowest BCUT2D eigenvalue weighted by molar-refractivity contribution is 0.164. The van der Waals surface area contributed by atoms with E-state index in [4.69, 9.17) is 29.5 Å². The van der Waals surface area contributed by atoms with E-state index >= 15 is 0 Å². The molecular weight excluding hydrogens is 411 g/mol. The van der Waals surface area contributed by atoms with Gasteiger partial charge in [-0.15, -0.1) is 0 Å². The molecule has 0 aliphatic heterocycles. The highest BCUT2D eigenvalue weighted by atomic mass is 32.2. The first-order chi connectivity index (χ1) is 13.8. The topological polar surface area (TPSA) is 118 Å². The summed E-state index contributed by atoms with van der Waals surface area (Å²) in [7, 11) is -4.64. The molecule has 6 nitrogen and oxygen atoms in total. The van der Waals surface area contributed by atoms with Crippen molar-refractivity contribution in [3.63, 3.8) is 0 Å². The molecule has 0 saturated heterocycles. The van der Waals surface area contributed by atoms with Crippen LogP contribution >= 0.6 is 19.6 Å². The lowest BCUT2D eigenvalue weighted by Gasteiger charge is -2.09. The molecule has 0 aliphatic rings. The molecular formula is C21H47O6PS. The molecule has 29 heavy (non-hydrogen) atoms. The Labute approximate surface area is 183 Å². The van der Waals surface area contributed by atoms with E-state index in [9.17, 15) is 0 Å². The van der Waals surface area contributed by atoms with Crippen molar-refractivity contribution in [3.8, 4) is 0 Å². The third-order valence-corrected chi connectivity index (χ3v) is 6.05. The summed E-state index contributed by atoms with van der Waals surface area (Å²) >= 11 is 1.88. The second-order valence-corrected chi connectivity index (χ2v) is 9.95. The van der Waals surface area contributed by atoms with Crippen molar-refractivity contribution in [3.05, 3.63) is 0 Å². The summed E-state index contributed by atoms with van der Waals surface area (Å²) in [6, 6.07) is 0. The van der Waals surface area contributed by atoms with Crippen LogP contribution in [-0.4, -0.2) is 49.6 Å². The van der Waals surface area contributed by atoms with E-state index in [0.29, 0.717) is 0 Å². The van der Waals surface area contributed by atoms with E-state index in [1.165, 1.54) is 102 Å². The van der Waals surface area contributed by atoms with Gasteiger partial charge >= 0.3 is 7.82 Å². The Morgan fingerprint density at radius 1 is 0.655 bits per heavy atom. The van der Waals surface area contributed by atoms with Crippen LogP contribution in [0.2, 0.25) is 0 Å². The zero-order chi connectivity index (χ0) is 22.2. The van der Waals surface area contributed by atoms with E-state index in [2.05, 4.69) is 6.92 Å².